The van der Waals surface area contributed by atoms with E-state index in [0.29, 0.717) is 17.9 Å². The summed E-state index contributed by atoms with van der Waals surface area (Å²) in [5, 5.41) is 0. The van der Waals surface area contributed by atoms with Crippen molar-refractivity contribution >= 4 is 34.4 Å². The summed E-state index contributed by atoms with van der Waals surface area (Å²) in [6.07, 6.45) is 5.10. The standard InChI is InChI=1S/C7H11Cl2OS/c1-2-11(10)6-4-3-5-7(8)9/h5,7H,2,4,6H2,1H3. The highest BCUT2D eigenvalue weighted by Gasteiger charge is 1.98. The van der Waals surface area contributed by atoms with Crippen LogP contribution in [0.15, 0.2) is 6.08 Å². The van der Waals surface area contributed by atoms with Gasteiger partial charge in [0.1, 0.15) is 16.3 Å². The molecule has 65 valence electrons. The van der Waals surface area contributed by atoms with Gasteiger partial charge in [0.25, 0.3) is 0 Å². The molecule has 11 heavy (non-hydrogen) atoms. The second kappa shape index (κ2) is 7.29. The molecule has 0 aromatic carbocycles. The van der Waals surface area contributed by atoms with E-state index >= 15 is 0 Å². The van der Waals surface area contributed by atoms with Crippen LogP contribution in [-0.2, 0) is 11.2 Å². The first-order valence-electron chi connectivity index (χ1n) is 3.36. The van der Waals surface area contributed by atoms with Gasteiger partial charge in [0.05, 0.1) is 0 Å². The summed E-state index contributed by atoms with van der Waals surface area (Å²) >= 11 is 10.1. The lowest BCUT2D eigenvalue weighted by Gasteiger charge is -2.05. The first-order valence-corrected chi connectivity index (χ1v) is 5.72. The molecule has 0 aromatic heterocycles. The maximum Gasteiger partial charge on any atom is 0.126 e. The molecule has 0 saturated carbocycles. The van der Waals surface area contributed by atoms with Crippen molar-refractivity contribution in [2.45, 2.75) is 18.2 Å². The van der Waals surface area contributed by atoms with Crippen molar-refractivity contribution in [2.75, 3.05) is 11.5 Å². The van der Waals surface area contributed by atoms with E-state index in [9.17, 15) is 4.55 Å². The van der Waals surface area contributed by atoms with Crippen LogP contribution < -0.4 is 0 Å². The average molecular weight is 214 g/mol. The lowest BCUT2D eigenvalue weighted by Crippen LogP contribution is -2.07. The number of alkyl halides is 2. The zero-order valence-electron chi connectivity index (χ0n) is 6.35. The molecule has 0 rings (SSSR count). The molecule has 1 radical (unpaired) electrons. The average Bonchev–Trinajstić information content (AvgIpc) is 1.97. The molecule has 0 heterocycles. The van der Waals surface area contributed by atoms with E-state index in [-0.39, 0.29) is 0 Å². The first kappa shape index (κ1) is 11.6. The maximum atomic E-state index is 10.8. The number of halogens is 2. The van der Waals surface area contributed by atoms with Crippen molar-refractivity contribution in [3.63, 3.8) is 0 Å². The van der Waals surface area contributed by atoms with Gasteiger partial charge in [-0.1, -0.05) is 11.2 Å². The van der Waals surface area contributed by atoms with E-state index in [1.165, 1.54) is 0 Å². The number of rotatable bonds is 5. The first-order chi connectivity index (χ1) is 5.16. The van der Waals surface area contributed by atoms with Gasteiger partial charge in [0.15, 0.2) is 0 Å². The quantitative estimate of drug-likeness (QED) is 0.508. The van der Waals surface area contributed by atoms with Crippen LogP contribution in [0.4, 0.5) is 0 Å². The SMILES string of the molecule is CC[S+]([O-])CC[C]=CC(Cl)Cl. The molecule has 1 nitrogen and oxygen atoms in total. The highest BCUT2D eigenvalue weighted by atomic mass is 35.5. The Morgan fingerprint density at radius 2 is 2.27 bits per heavy atom. The van der Waals surface area contributed by atoms with Gasteiger partial charge in [-0.2, -0.15) is 0 Å². The van der Waals surface area contributed by atoms with Crippen molar-refractivity contribution in [2.24, 2.45) is 0 Å². The molecule has 0 saturated heterocycles. The van der Waals surface area contributed by atoms with Crippen molar-refractivity contribution in [3.8, 4) is 0 Å². The van der Waals surface area contributed by atoms with E-state index in [1.807, 2.05) is 6.92 Å². The Bertz CT molecular complexity index is 117. The molecule has 0 aromatic rings. The third kappa shape index (κ3) is 8.54. The Morgan fingerprint density at radius 3 is 2.73 bits per heavy atom. The van der Waals surface area contributed by atoms with Crippen LogP contribution in [-0.4, -0.2) is 20.9 Å². The molecule has 0 aliphatic rings. The smallest absolute Gasteiger partial charge is 0.126 e. The Balaban J connectivity index is 3.26. The molecule has 0 aliphatic carbocycles. The Labute approximate surface area is 80.9 Å². The molecule has 0 N–H and O–H groups in total. The number of hydrogen-bond donors (Lipinski definition) is 0. The fraction of sp³-hybridized carbons (Fsp3) is 0.714. The van der Waals surface area contributed by atoms with Crippen molar-refractivity contribution in [1.82, 2.24) is 0 Å². The predicted octanol–water partition coefficient (Wildman–Crippen LogP) is 2.31. The Morgan fingerprint density at radius 1 is 1.64 bits per heavy atom. The molecule has 0 amide bonds. The lowest BCUT2D eigenvalue weighted by molar-refractivity contribution is 0.595. The molecule has 1 atom stereocenters. The minimum Gasteiger partial charge on any atom is -0.616 e. The highest BCUT2D eigenvalue weighted by molar-refractivity contribution is 7.91. The maximum absolute atomic E-state index is 10.8. The zero-order chi connectivity index (χ0) is 8.69. The van der Waals surface area contributed by atoms with E-state index in [4.69, 9.17) is 23.2 Å². The lowest BCUT2D eigenvalue weighted by atomic mass is 10.4. The molecule has 0 spiro atoms. The summed E-state index contributed by atoms with van der Waals surface area (Å²) in [6, 6.07) is 0. The van der Waals surface area contributed by atoms with E-state index < -0.39 is 16.0 Å². The second-order valence-electron chi connectivity index (χ2n) is 1.89. The highest BCUT2D eigenvalue weighted by Crippen LogP contribution is 2.03. The minimum atomic E-state index is -0.710. The summed E-state index contributed by atoms with van der Waals surface area (Å²) in [6.45, 7) is 1.89. The number of allylic oxidation sites excluding steroid dienone is 2. The van der Waals surface area contributed by atoms with E-state index in [0.717, 1.165) is 0 Å². The van der Waals surface area contributed by atoms with Gasteiger partial charge in [0.2, 0.25) is 0 Å². The molecule has 0 fully saturated rings. The summed E-state index contributed by atoms with van der Waals surface area (Å²) in [5.41, 5.74) is 0. The third-order valence-corrected chi connectivity index (χ3v) is 2.60. The van der Waals surface area contributed by atoms with Gasteiger partial charge < -0.3 is 4.55 Å². The molecule has 1 unspecified atom stereocenters. The second-order valence-corrected chi connectivity index (χ2v) is 4.92. The minimum absolute atomic E-state index is 0.495. The van der Waals surface area contributed by atoms with Crippen LogP contribution in [0.1, 0.15) is 13.3 Å². The molecular formula is C7H11Cl2OS. The van der Waals surface area contributed by atoms with Crippen LogP contribution in [0.2, 0.25) is 0 Å². The molecule has 0 bridgehead atoms. The summed E-state index contributed by atoms with van der Waals surface area (Å²) < 4.78 is 10.8. The van der Waals surface area contributed by atoms with Crippen molar-refractivity contribution in [1.29, 1.82) is 0 Å². The van der Waals surface area contributed by atoms with Gasteiger partial charge >= 0.3 is 0 Å². The van der Waals surface area contributed by atoms with Gasteiger partial charge in [0, 0.05) is 6.42 Å². The normalized spacial score (nSPS) is 14.6. The van der Waals surface area contributed by atoms with Crippen LogP contribution in [0, 0.1) is 6.08 Å². The number of hydrogen-bond acceptors (Lipinski definition) is 1. The summed E-state index contributed by atoms with van der Waals surface area (Å²) in [7, 11) is 0. The Hall–Kier alpha value is 0.630. The predicted molar refractivity (Wildman–Crippen MR) is 51.5 cm³/mol. The van der Waals surface area contributed by atoms with Gasteiger partial charge in [-0.05, 0) is 19.1 Å². The van der Waals surface area contributed by atoms with E-state index in [1.54, 1.807) is 6.08 Å². The summed E-state index contributed by atoms with van der Waals surface area (Å²) in [5.74, 6) is 1.35. The topological polar surface area (TPSA) is 23.1 Å². The molecule has 4 heteroatoms. The van der Waals surface area contributed by atoms with Crippen LogP contribution in [0.5, 0.6) is 0 Å². The van der Waals surface area contributed by atoms with Crippen LogP contribution in [0.3, 0.4) is 0 Å². The van der Waals surface area contributed by atoms with E-state index in [2.05, 4.69) is 6.08 Å². The van der Waals surface area contributed by atoms with Crippen molar-refractivity contribution in [3.05, 3.63) is 12.2 Å². The molecular weight excluding hydrogens is 203 g/mol. The summed E-state index contributed by atoms with van der Waals surface area (Å²) in [4.78, 5) is -0.495. The van der Waals surface area contributed by atoms with Crippen LogP contribution >= 0.6 is 23.2 Å². The Kier molecular flexibility index (Phi) is 7.71. The third-order valence-electron chi connectivity index (χ3n) is 1.04. The van der Waals surface area contributed by atoms with Gasteiger partial charge in [-0.25, -0.2) is 0 Å². The monoisotopic (exact) mass is 213 g/mol. The van der Waals surface area contributed by atoms with Gasteiger partial charge in [-0.3, -0.25) is 0 Å². The van der Waals surface area contributed by atoms with Gasteiger partial charge in [-0.15, -0.1) is 23.2 Å². The van der Waals surface area contributed by atoms with Crippen LogP contribution in [0.25, 0.3) is 0 Å². The molecule has 0 aliphatic heterocycles. The largest absolute Gasteiger partial charge is 0.616 e. The fourth-order valence-electron chi connectivity index (χ4n) is 0.490. The fourth-order valence-corrected chi connectivity index (χ4v) is 1.30. The van der Waals surface area contributed by atoms with Crippen molar-refractivity contribution < 1.29 is 4.55 Å². The zero-order valence-corrected chi connectivity index (χ0v) is 8.68.